The fraction of sp³-hybridized carbons (Fsp3) is 0.647. The van der Waals surface area contributed by atoms with E-state index >= 15 is 0 Å². The molecule has 4 bridgehead atoms. The van der Waals surface area contributed by atoms with Gasteiger partial charge in [-0.15, -0.1) is 0 Å². The molecule has 0 aromatic heterocycles. The molecule has 0 aliphatic heterocycles. The van der Waals surface area contributed by atoms with Crippen LogP contribution in [0.2, 0.25) is 0 Å². The summed E-state index contributed by atoms with van der Waals surface area (Å²) in [6, 6.07) is 1.62. The smallest absolute Gasteiger partial charge is 0.164 e. The summed E-state index contributed by atoms with van der Waals surface area (Å²) in [6.45, 7) is 1.67. The van der Waals surface area contributed by atoms with Gasteiger partial charge in [-0.1, -0.05) is 0 Å². The number of phenols is 3. The van der Waals surface area contributed by atoms with Crippen molar-refractivity contribution in [3.8, 4) is 17.2 Å². The lowest BCUT2D eigenvalue weighted by atomic mass is 9.48. The molecule has 4 aliphatic rings. The van der Waals surface area contributed by atoms with Crippen molar-refractivity contribution in [1.82, 2.24) is 0 Å². The summed E-state index contributed by atoms with van der Waals surface area (Å²) < 4.78 is 0. The zero-order valence-electron chi connectivity index (χ0n) is 11.9. The Hall–Kier alpha value is -1.38. The molecule has 1 aromatic carbocycles. The van der Waals surface area contributed by atoms with Crippen molar-refractivity contribution < 1.29 is 15.3 Å². The summed E-state index contributed by atoms with van der Waals surface area (Å²) in [5.74, 6) is 2.29. The first kappa shape index (κ1) is 12.4. The van der Waals surface area contributed by atoms with Crippen molar-refractivity contribution in [1.29, 1.82) is 0 Å². The molecule has 0 amide bonds. The fourth-order valence-corrected chi connectivity index (χ4v) is 5.62. The van der Waals surface area contributed by atoms with Crippen molar-refractivity contribution in [2.45, 2.75) is 50.9 Å². The molecular formula is C17H22O3. The van der Waals surface area contributed by atoms with E-state index in [-0.39, 0.29) is 22.7 Å². The standard InChI is InChI=1S/C17H22O3/c1-9-15(19)13(5-14(18)16(9)20)17-6-10-2-11(7-17)4-12(3-10)8-17/h5,10-12,18-20H,2-4,6-8H2,1H3. The SMILES string of the molecule is Cc1c(O)c(O)cc(C23CC4CC(CC(C4)C2)C3)c1O. The Morgan fingerprint density at radius 2 is 1.40 bits per heavy atom. The van der Waals surface area contributed by atoms with Crippen LogP contribution in [0.4, 0.5) is 0 Å². The molecule has 3 N–H and O–H groups in total. The van der Waals surface area contributed by atoms with Crippen LogP contribution in [0, 0.1) is 24.7 Å². The van der Waals surface area contributed by atoms with Crippen LogP contribution in [0.3, 0.4) is 0 Å². The van der Waals surface area contributed by atoms with Crippen LogP contribution >= 0.6 is 0 Å². The third-order valence-electron chi connectivity index (χ3n) is 6.10. The van der Waals surface area contributed by atoms with Gasteiger partial charge in [-0.3, -0.25) is 0 Å². The number of phenolic OH excluding ortho intramolecular Hbond substituents is 3. The first-order valence-corrected chi connectivity index (χ1v) is 7.73. The van der Waals surface area contributed by atoms with Gasteiger partial charge in [-0.05, 0) is 74.7 Å². The third kappa shape index (κ3) is 1.52. The number of rotatable bonds is 1. The van der Waals surface area contributed by atoms with E-state index in [4.69, 9.17) is 0 Å². The van der Waals surface area contributed by atoms with E-state index in [2.05, 4.69) is 0 Å². The quantitative estimate of drug-likeness (QED) is 0.542. The van der Waals surface area contributed by atoms with E-state index in [0.717, 1.165) is 42.6 Å². The van der Waals surface area contributed by atoms with Crippen LogP contribution < -0.4 is 0 Å². The van der Waals surface area contributed by atoms with Crippen molar-refractivity contribution >= 4 is 0 Å². The topological polar surface area (TPSA) is 60.7 Å². The summed E-state index contributed by atoms with van der Waals surface area (Å²) >= 11 is 0. The predicted octanol–water partition coefficient (Wildman–Crippen LogP) is 3.58. The lowest BCUT2D eigenvalue weighted by Crippen LogP contribution is -2.48. The van der Waals surface area contributed by atoms with Crippen molar-refractivity contribution in [3.63, 3.8) is 0 Å². The average molecular weight is 274 g/mol. The van der Waals surface area contributed by atoms with Gasteiger partial charge in [0.2, 0.25) is 0 Å². The largest absolute Gasteiger partial charge is 0.507 e. The van der Waals surface area contributed by atoms with Crippen LogP contribution in [0.15, 0.2) is 6.07 Å². The molecule has 0 radical (unpaired) electrons. The van der Waals surface area contributed by atoms with Gasteiger partial charge in [-0.2, -0.15) is 0 Å². The molecule has 0 heterocycles. The highest BCUT2D eigenvalue weighted by atomic mass is 16.3. The molecule has 0 saturated heterocycles. The highest BCUT2D eigenvalue weighted by molar-refractivity contribution is 5.58. The zero-order valence-corrected chi connectivity index (χ0v) is 11.9. The second-order valence-electron chi connectivity index (χ2n) is 7.46. The molecule has 108 valence electrons. The van der Waals surface area contributed by atoms with Crippen molar-refractivity contribution in [2.24, 2.45) is 17.8 Å². The number of benzene rings is 1. The molecule has 4 fully saturated rings. The summed E-state index contributed by atoms with van der Waals surface area (Å²) in [6.07, 6.45) is 7.46. The van der Waals surface area contributed by atoms with Crippen LogP contribution in [-0.4, -0.2) is 15.3 Å². The molecule has 20 heavy (non-hydrogen) atoms. The molecule has 0 atom stereocenters. The maximum absolute atomic E-state index is 10.5. The van der Waals surface area contributed by atoms with Crippen molar-refractivity contribution in [2.75, 3.05) is 0 Å². The van der Waals surface area contributed by atoms with Gasteiger partial charge < -0.3 is 15.3 Å². The molecule has 4 aliphatic carbocycles. The molecule has 0 unspecified atom stereocenters. The summed E-state index contributed by atoms with van der Waals surface area (Å²) in [7, 11) is 0. The Balaban J connectivity index is 1.85. The van der Waals surface area contributed by atoms with Crippen LogP contribution in [0.5, 0.6) is 17.2 Å². The van der Waals surface area contributed by atoms with E-state index < -0.39 is 0 Å². The molecule has 3 heteroatoms. The van der Waals surface area contributed by atoms with Gasteiger partial charge >= 0.3 is 0 Å². The van der Waals surface area contributed by atoms with Gasteiger partial charge in [0, 0.05) is 11.1 Å². The van der Waals surface area contributed by atoms with Gasteiger partial charge in [0.1, 0.15) is 5.75 Å². The van der Waals surface area contributed by atoms with E-state index in [1.807, 2.05) is 0 Å². The summed E-state index contributed by atoms with van der Waals surface area (Å²) in [4.78, 5) is 0. The minimum Gasteiger partial charge on any atom is -0.507 e. The first-order chi connectivity index (χ1) is 9.48. The Morgan fingerprint density at radius 1 is 0.900 bits per heavy atom. The Bertz CT molecular complexity index is 541. The summed E-state index contributed by atoms with van der Waals surface area (Å²) in [5, 5.41) is 30.2. The maximum atomic E-state index is 10.5. The molecule has 3 nitrogen and oxygen atoms in total. The fourth-order valence-electron chi connectivity index (χ4n) is 5.62. The highest BCUT2D eigenvalue weighted by Gasteiger charge is 2.52. The number of hydrogen-bond acceptors (Lipinski definition) is 3. The molecule has 1 aromatic rings. The van der Waals surface area contributed by atoms with Crippen LogP contribution in [-0.2, 0) is 5.41 Å². The lowest BCUT2D eigenvalue weighted by Gasteiger charge is -2.57. The van der Waals surface area contributed by atoms with Gasteiger partial charge in [0.05, 0.1) is 0 Å². The van der Waals surface area contributed by atoms with E-state index in [9.17, 15) is 15.3 Å². The Morgan fingerprint density at radius 3 is 1.90 bits per heavy atom. The lowest BCUT2D eigenvalue weighted by molar-refractivity contribution is -0.00629. The average Bonchev–Trinajstić information content (AvgIpc) is 2.39. The second-order valence-corrected chi connectivity index (χ2v) is 7.46. The minimum atomic E-state index is -0.184. The Kier molecular flexibility index (Phi) is 2.37. The Labute approximate surface area is 119 Å². The molecule has 5 rings (SSSR count). The number of aromatic hydroxyl groups is 3. The molecule has 4 saturated carbocycles. The van der Waals surface area contributed by atoms with E-state index in [0.29, 0.717) is 5.56 Å². The molecular weight excluding hydrogens is 252 g/mol. The number of hydrogen-bond donors (Lipinski definition) is 3. The van der Waals surface area contributed by atoms with Gasteiger partial charge in [0.15, 0.2) is 11.5 Å². The first-order valence-electron chi connectivity index (χ1n) is 7.73. The third-order valence-corrected chi connectivity index (χ3v) is 6.10. The predicted molar refractivity (Wildman–Crippen MR) is 76.0 cm³/mol. The maximum Gasteiger partial charge on any atom is 0.164 e. The van der Waals surface area contributed by atoms with Gasteiger partial charge in [-0.25, -0.2) is 0 Å². The molecule has 0 spiro atoms. The zero-order chi connectivity index (χ0) is 14.1. The highest BCUT2D eigenvalue weighted by Crippen LogP contribution is 2.62. The monoisotopic (exact) mass is 274 g/mol. The minimum absolute atomic E-state index is 0.0365. The van der Waals surface area contributed by atoms with Crippen LogP contribution in [0.1, 0.15) is 49.7 Å². The van der Waals surface area contributed by atoms with E-state index in [1.165, 1.54) is 19.3 Å². The normalized spacial score (nSPS) is 38.4. The summed E-state index contributed by atoms with van der Waals surface area (Å²) in [5.41, 5.74) is 1.33. The second kappa shape index (κ2) is 3.84. The van der Waals surface area contributed by atoms with Gasteiger partial charge in [0.25, 0.3) is 0 Å². The van der Waals surface area contributed by atoms with Crippen molar-refractivity contribution in [3.05, 3.63) is 17.2 Å². The van der Waals surface area contributed by atoms with Crippen LogP contribution in [0.25, 0.3) is 0 Å². The van der Waals surface area contributed by atoms with E-state index in [1.54, 1.807) is 13.0 Å².